The third kappa shape index (κ3) is 1.21. The van der Waals surface area contributed by atoms with E-state index < -0.39 is 0 Å². The van der Waals surface area contributed by atoms with Gasteiger partial charge in [0.2, 0.25) is 5.88 Å². The average molecular weight is 181 g/mol. The molecule has 4 nitrogen and oxygen atoms in total. The van der Waals surface area contributed by atoms with Gasteiger partial charge in [-0.05, 0) is 6.92 Å². The van der Waals surface area contributed by atoms with Gasteiger partial charge in [-0.2, -0.15) is 5.10 Å². The zero-order valence-corrected chi connectivity index (χ0v) is 8.29. The van der Waals surface area contributed by atoms with E-state index in [1.54, 1.807) is 7.11 Å². The second kappa shape index (κ2) is 3.03. The van der Waals surface area contributed by atoms with E-state index in [1.807, 2.05) is 18.7 Å². The minimum atomic E-state index is 0.587. The Bertz CT molecular complexity index is 315. The van der Waals surface area contributed by atoms with E-state index in [4.69, 9.17) is 4.74 Å². The molecule has 0 atom stereocenters. The van der Waals surface area contributed by atoms with Crippen molar-refractivity contribution >= 4 is 0 Å². The zero-order chi connectivity index (χ0) is 9.42. The summed E-state index contributed by atoms with van der Waals surface area (Å²) in [5, 5.41) is 7.60. The molecule has 0 amide bonds. The van der Waals surface area contributed by atoms with Crippen molar-refractivity contribution in [1.29, 1.82) is 0 Å². The van der Waals surface area contributed by atoms with Crippen molar-refractivity contribution in [3.63, 3.8) is 0 Å². The molecule has 2 heterocycles. The Balaban J connectivity index is 2.40. The maximum Gasteiger partial charge on any atom is 0.215 e. The highest BCUT2D eigenvalue weighted by Gasteiger charge is 2.27. The van der Waals surface area contributed by atoms with E-state index in [0.29, 0.717) is 5.92 Å². The number of hydrogen-bond acceptors (Lipinski definition) is 3. The van der Waals surface area contributed by atoms with E-state index in [-0.39, 0.29) is 0 Å². The molecule has 13 heavy (non-hydrogen) atoms. The van der Waals surface area contributed by atoms with Gasteiger partial charge in [-0.1, -0.05) is 0 Å². The Labute approximate surface area is 77.9 Å². The number of rotatable bonds is 2. The van der Waals surface area contributed by atoms with Crippen LogP contribution < -0.4 is 10.1 Å². The van der Waals surface area contributed by atoms with Crippen LogP contribution in [0.5, 0.6) is 5.88 Å². The Morgan fingerprint density at radius 3 is 2.69 bits per heavy atom. The third-order valence-corrected chi connectivity index (χ3v) is 2.60. The van der Waals surface area contributed by atoms with E-state index in [2.05, 4.69) is 10.4 Å². The van der Waals surface area contributed by atoms with Gasteiger partial charge in [-0.15, -0.1) is 0 Å². The average Bonchev–Trinajstić information content (AvgIpc) is 2.24. The molecule has 1 aromatic rings. The fourth-order valence-corrected chi connectivity index (χ4v) is 1.86. The fraction of sp³-hybridized carbons (Fsp3) is 0.667. The highest BCUT2D eigenvalue weighted by atomic mass is 16.5. The van der Waals surface area contributed by atoms with Crippen molar-refractivity contribution in [3.05, 3.63) is 11.3 Å². The quantitative estimate of drug-likeness (QED) is 0.719. The molecule has 0 aromatic carbocycles. The highest BCUT2D eigenvalue weighted by molar-refractivity contribution is 5.36. The minimum absolute atomic E-state index is 0.587. The number of ether oxygens (including phenoxy) is 1. The molecule has 1 aromatic heterocycles. The molecule has 0 aliphatic carbocycles. The SMILES string of the molecule is COc1c(C2CNC2)c(C)nn1C. The molecule has 0 spiro atoms. The van der Waals surface area contributed by atoms with Gasteiger partial charge < -0.3 is 10.1 Å². The summed E-state index contributed by atoms with van der Waals surface area (Å²) in [5.41, 5.74) is 2.36. The van der Waals surface area contributed by atoms with Gasteiger partial charge in [0.25, 0.3) is 0 Å². The molecule has 1 N–H and O–H groups in total. The van der Waals surface area contributed by atoms with Gasteiger partial charge in [0, 0.05) is 31.6 Å². The normalized spacial score (nSPS) is 17.2. The van der Waals surface area contributed by atoms with Crippen LogP contribution in [0.4, 0.5) is 0 Å². The molecule has 1 saturated heterocycles. The number of aromatic nitrogens is 2. The van der Waals surface area contributed by atoms with Crippen LogP contribution in [0.15, 0.2) is 0 Å². The molecule has 0 radical (unpaired) electrons. The van der Waals surface area contributed by atoms with Crippen molar-refractivity contribution < 1.29 is 4.74 Å². The molecule has 0 bridgehead atoms. The van der Waals surface area contributed by atoms with Crippen LogP contribution in [0.25, 0.3) is 0 Å². The van der Waals surface area contributed by atoms with E-state index >= 15 is 0 Å². The standard InChI is InChI=1S/C9H15N3O/c1-6-8(7-4-10-5-7)9(13-3)12(2)11-6/h7,10H,4-5H2,1-3H3. The second-order valence-electron chi connectivity index (χ2n) is 3.49. The molecule has 1 aliphatic rings. The molecular formula is C9H15N3O. The molecular weight excluding hydrogens is 166 g/mol. The van der Waals surface area contributed by atoms with Crippen molar-refractivity contribution in [1.82, 2.24) is 15.1 Å². The monoisotopic (exact) mass is 181 g/mol. The summed E-state index contributed by atoms with van der Waals surface area (Å²) in [6.45, 7) is 4.13. The van der Waals surface area contributed by atoms with Crippen LogP contribution in [-0.2, 0) is 7.05 Å². The third-order valence-electron chi connectivity index (χ3n) is 2.60. The molecule has 1 fully saturated rings. The molecule has 2 rings (SSSR count). The van der Waals surface area contributed by atoms with Crippen molar-refractivity contribution in [2.75, 3.05) is 20.2 Å². The summed E-state index contributed by atoms with van der Waals surface area (Å²) < 4.78 is 7.14. The van der Waals surface area contributed by atoms with E-state index in [9.17, 15) is 0 Å². The summed E-state index contributed by atoms with van der Waals surface area (Å²) in [7, 11) is 3.62. The Morgan fingerprint density at radius 2 is 2.23 bits per heavy atom. The first-order valence-electron chi connectivity index (χ1n) is 4.52. The summed E-state index contributed by atoms with van der Waals surface area (Å²) >= 11 is 0. The van der Waals surface area contributed by atoms with Crippen molar-refractivity contribution in [2.24, 2.45) is 7.05 Å². The van der Waals surface area contributed by atoms with Gasteiger partial charge in [-0.25, -0.2) is 4.68 Å². The van der Waals surface area contributed by atoms with Gasteiger partial charge in [-0.3, -0.25) is 0 Å². The summed E-state index contributed by atoms with van der Waals surface area (Å²) in [5.74, 6) is 1.49. The Hall–Kier alpha value is -1.03. The lowest BCUT2D eigenvalue weighted by Crippen LogP contribution is -2.40. The van der Waals surface area contributed by atoms with Crippen LogP contribution in [0.1, 0.15) is 17.2 Å². The first-order chi connectivity index (χ1) is 6.24. The molecule has 72 valence electrons. The number of nitrogens with one attached hydrogen (secondary N) is 1. The zero-order valence-electron chi connectivity index (χ0n) is 8.29. The molecule has 0 unspecified atom stereocenters. The van der Waals surface area contributed by atoms with E-state index in [1.165, 1.54) is 5.56 Å². The van der Waals surface area contributed by atoms with Gasteiger partial charge in [0.1, 0.15) is 0 Å². The van der Waals surface area contributed by atoms with Crippen LogP contribution >= 0.6 is 0 Å². The van der Waals surface area contributed by atoms with Crippen molar-refractivity contribution in [3.8, 4) is 5.88 Å². The lowest BCUT2D eigenvalue weighted by Gasteiger charge is -2.27. The summed E-state index contributed by atoms with van der Waals surface area (Å²) in [6.07, 6.45) is 0. The fourth-order valence-electron chi connectivity index (χ4n) is 1.86. The number of aryl methyl sites for hydroxylation is 2. The predicted octanol–water partition coefficient (Wildman–Crippen LogP) is 0.424. The first kappa shape index (κ1) is 8.56. The molecule has 1 aliphatic heterocycles. The topological polar surface area (TPSA) is 39.1 Å². The van der Waals surface area contributed by atoms with Crippen LogP contribution in [0, 0.1) is 6.92 Å². The van der Waals surface area contributed by atoms with Crippen LogP contribution in [0.3, 0.4) is 0 Å². The van der Waals surface area contributed by atoms with Crippen LogP contribution in [0.2, 0.25) is 0 Å². The predicted molar refractivity (Wildman–Crippen MR) is 50.1 cm³/mol. The van der Waals surface area contributed by atoms with E-state index in [0.717, 1.165) is 24.7 Å². The van der Waals surface area contributed by atoms with Gasteiger partial charge in [0.15, 0.2) is 0 Å². The Morgan fingerprint density at radius 1 is 1.54 bits per heavy atom. The molecule has 0 saturated carbocycles. The maximum atomic E-state index is 5.33. The van der Waals surface area contributed by atoms with Gasteiger partial charge in [0.05, 0.1) is 12.8 Å². The largest absolute Gasteiger partial charge is 0.481 e. The van der Waals surface area contributed by atoms with Crippen molar-refractivity contribution in [2.45, 2.75) is 12.8 Å². The number of hydrogen-bond donors (Lipinski definition) is 1. The molecule has 4 heteroatoms. The maximum absolute atomic E-state index is 5.33. The number of methoxy groups -OCH3 is 1. The summed E-state index contributed by atoms with van der Waals surface area (Å²) in [6, 6.07) is 0. The lowest BCUT2D eigenvalue weighted by molar-refractivity contribution is 0.355. The first-order valence-corrected chi connectivity index (χ1v) is 4.52. The van der Waals surface area contributed by atoms with Gasteiger partial charge >= 0.3 is 0 Å². The minimum Gasteiger partial charge on any atom is -0.481 e. The second-order valence-corrected chi connectivity index (χ2v) is 3.49. The Kier molecular flexibility index (Phi) is 2.00. The lowest BCUT2D eigenvalue weighted by atomic mass is 9.94. The van der Waals surface area contributed by atoms with Crippen LogP contribution in [-0.4, -0.2) is 30.0 Å². The number of nitrogens with zero attached hydrogens (tertiary/aromatic N) is 2. The summed E-state index contributed by atoms with van der Waals surface area (Å²) in [4.78, 5) is 0. The highest BCUT2D eigenvalue weighted by Crippen LogP contribution is 2.31. The smallest absolute Gasteiger partial charge is 0.215 e.